The van der Waals surface area contributed by atoms with Gasteiger partial charge in [-0.15, -0.1) is 5.10 Å². The van der Waals surface area contributed by atoms with Gasteiger partial charge in [-0.1, -0.05) is 24.3 Å². The van der Waals surface area contributed by atoms with Crippen LogP contribution in [-0.2, 0) is 0 Å². The topological polar surface area (TPSA) is 41.1 Å². The van der Waals surface area contributed by atoms with Crippen molar-refractivity contribution >= 4 is 16.6 Å². The molecule has 4 nitrogen and oxygen atoms in total. The minimum atomic E-state index is 0.471. The molecule has 1 saturated heterocycles. The van der Waals surface area contributed by atoms with Crippen molar-refractivity contribution in [2.24, 2.45) is 0 Å². The van der Waals surface area contributed by atoms with Gasteiger partial charge in [0.1, 0.15) is 0 Å². The first kappa shape index (κ1) is 12.4. The number of hydrogen-bond acceptors (Lipinski definition) is 4. The molecule has 0 aliphatic carbocycles. The molecule has 0 bridgehead atoms. The third-order valence-electron chi connectivity index (χ3n) is 3.84. The number of fused-ring (bicyclic) bond motifs is 1. The fourth-order valence-electron chi connectivity index (χ4n) is 2.82. The fraction of sp³-hybridized carbons (Fsp3) is 0.467. The Morgan fingerprint density at radius 3 is 2.79 bits per heavy atom. The number of rotatable bonds is 2. The fourth-order valence-corrected chi connectivity index (χ4v) is 2.82. The monoisotopic (exact) mass is 256 g/mol. The van der Waals surface area contributed by atoms with Crippen molar-refractivity contribution < 1.29 is 0 Å². The third-order valence-corrected chi connectivity index (χ3v) is 3.84. The van der Waals surface area contributed by atoms with E-state index in [1.807, 2.05) is 6.92 Å². The Kier molecular flexibility index (Phi) is 3.34. The van der Waals surface area contributed by atoms with E-state index < -0.39 is 0 Å². The van der Waals surface area contributed by atoms with Gasteiger partial charge in [-0.3, -0.25) is 0 Å². The van der Waals surface area contributed by atoms with E-state index in [0.29, 0.717) is 6.04 Å². The summed E-state index contributed by atoms with van der Waals surface area (Å²) in [6, 6.07) is 8.80. The molecule has 0 saturated carbocycles. The molecule has 1 aromatic carbocycles. The van der Waals surface area contributed by atoms with E-state index >= 15 is 0 Å². The van der Waals surface area contributed by atoms with Crippen LogP contribution in [0.15, 0.2) is 24.3 Å². The Morgan fingerprint density at radius 2 is 2.00 bits per heavy atom. The van der Waals surface area contributed by atoms with Crippen LogP contribution in [0.1, 0.15) is 18.5 Å². The number of anilines is 1. The summed E-state index contributed by atoms with van der Waals surface area (Å²) >= 11 is 0. The van der Waals surface area contributed by atoms with E-state index in [4.69, 9.17) is 0 Å². The van der Waals surface area contributed by atoms with Gasteiger partial charge in [0.05, 0.1) is 5.69 Å². The molecule has 19 heavy (non-hydrogen) atoms. The van der Waals surface area contributed by atoms with Gasteiger partial charge < -0.3 is 10.2 Å². The van der Waals surface area contributed by atoms with Crippen molar-refractivity contribution in [1.82, 2.24) is 15.1 Å². The zero-order chi connectivity index (χ0) is 13.2. The van der Waals surface area contributed by atoms with Crippen LogP contribution in [0.5, 0.6) is 0 Å². The quantitative estimate of drug-likeness (QED) is 0.896. The summed E-state index contributed by atoms with van der Waals surface area (Å²) in [4.78, 5) is 2.37. The third kappa shape index (κ3) is 2.54. The second-order valence-corrected chi connectivity index (χ2v) is 5.43. The van der Waals surface area contributed by atoms with Crippen molar-refractivity contribution in [2.75, 3.05) is 25.5 Å². The van der Waals surface area contributed by atoms with E-state index in [9.17, 15) is 0 Å². The summed E-state index contributed by atoms with van der Waals surface area (Å²) in [6.45, 7) is 4.27. The Hall–Kier alpha value is -1.68. The molecule has 1 fully saturated rings. The number of hydrogen-bond donors (Lipinski definition) is 1. The highest BCUT2D eigenvalue weighted by Crippen LogP contribution is 2.24. The van der Waals surface area contributed by atoms with Crippen molar-refractivity contribution in [3.05, 3.63) is 30.0 Å². The summed E-state index contributed by atoms with van der Waals surface area (Å²) in [5.41, 5.74) is 0.988. The van der Waals surface area contributed by atoms with Gasteiger partial charge in [-0.2, -0.15) is 5.10 Å². The molecular formula is C15H20N4. The molecule has 0 amide bonds. The maximum Gasteiger partial charge on any atom is 0.156 e. The zero-order valence-corrected chi connectivity index (χ0v) is 11.6. The first-order valence-electron chi connectivity index (χ1n) is 6.91. The average Bonchev–Trinajstić information content (AvgIpc) is 2.42. The summed E-state index contributed by atoms with van der Waals surface area (Å²) in [6.07, 6.45) is 2.44. The standard InChI is InChI=1S/C15H20N4/c1-11-13-7-3-4-8-14(13)15(18-17-11)16-12-6-5-9-19(2)10-12/h3-4,7-8,12H,5-6,9-10H2,1-2H3,(H,16,18). The smallest absolute Gasteiger partial charge is 0.156 e. The number of likely N-dealkylation sites (N-methyl/N-ethyl adjacent to an activating group) is 1. The van der Waals surface area contributed by atoms with Crippen LogP contribution in [0.3, 0.4) is 0 Å². The van der Waals surface area contributed by atoms with Crippen molar-refractivity contribution in [3.8, 4) is 0 Å². The highest BCUT2D eigenvalue weighted by molar-refractivity contribution is 5.92. The normalized spacial score (nSPS) is 20.6. The Morgan fingerprint density at radius 1 is 1.21 bits per heavy atom. The lowest BCUT2D eigenvalue weighted by Gasteiger charge is -2.30. The average molecular weight is 256 g/mol. The first-order valence-corrected chi connectivity index (χ1v) is 6.91. The molecular weight excluding hydrogens is 236 g/mol. The van der Waals surface area contributed by atoms with Crippen LogP contribution in [0, 0.1) is 6.92 Å². The Bertz CT molecular complexity index is 581. The number of aryl methyl sites for hydroxylation is 1. The van der Waals surface area contributed by atoms with E-state index in [1.54, 1.807) is 0 Å². The molecule has 3 rings (SSSR count). The number of benzene rings is 1. The summed E-state index contributed by atoms with van der Waals surface area (Å²) in [5, 5.41) is 14.5. The molecule has 100 valence electrons. The highest BCUT2D eigenvalue weighted by Gasteiger charge is 2.18. The van der Waals surface area contributed by atoms with Crippen LogP contribution in [0.4, 0.5) is 5.82 Å². The molecule has 1 aliphatic rings. The summed E-state index contributed by atoms with van der Waals surface area (Å²) in [5.74, 6) is 0.918. The predicted molar refractivity (Wildman–Crippen MR) is 78.4 cm³/mol. The molecule has 2 heterocycles. The van der Waals surface area contributed by atoms with Crippen LogP contribution < -0.4 is 5.32 Å². The predicted octanol–water partition coefficient (Wildman–Crippen LogP) is 2.44. The van der Waals surface area contributed by atoms with Crippen LogP contribution in [0.25, 0.3) is 10.8 Å². The molecule has 1 aromatic heterocycles. The summed E-state index contributed by atoms with van der Waals surface area (Å²) in [7, 11) is 2.17. The number of likely N-dealkylation sites (tertiary alicyclic amines) is 1. The number of nitrogens with zero attached hydrogens (tertiary/aromatic N) is 3. The summed E-state index contributed by atoms with van der Waals surface area (Å²) < 4.78 is 0. The number of aromatic nitrogens is 2. The second-order valence-electron chi connectivity index (χ2n) is 5.43. The van der Waals surface area contributed by atoms with E-state index in [-0.39, 0.29) is 0 Å². The number of nitrogens with one attached hydrogen (secondary N) is 1. The maximum absolute atomic E-state index is 4.35. The van der Waals surface area contributed by atoms with Gasteiger partial charge in [0.25, 0.3) is 0 Å². The van der Waals surface area contributed by atoms with Crippen LogP contribution in [-0.4, -0.2) is 41.3 Å². The lowest BCUT2D eigenvalue weighted by Crippen LogP contribution is -2.40. The number of piperidine rings is 1. The molecule has 2 aromatic rings. The molecule has 0 spiro atoms. The molecule has 4 heteroatoms. The SMILES string of the molecule is Cc1nnc(NC2CCCN(C)C2)c2ccccc12. The van der Waals surface area contributed by atoms with E-state index in [1.165, 1.54) is 30.2 Å². The van der Waals surface area contributed by atoms with Crippen molar-refractivity contribution in [3.63, 3.8) is 0 Å². The van der Waals surface area contributed by atoms with Gasteiger partial charge in [0.2, 0.25) is 0 Å². The lowest BCUT2D eigenvalue weighted by atomic mass is 10.1. The highest BCUT2D eigenvalue weighted by atomic mass is 15.2. The van der Waals surface area contributed by atoms with Crippen molar-refractivity contribution in [2.45, 2.75) is 25.8 Å². The van der Waals surface area contributed by atoms with Gasteiger partial charge in [0, 0.05) is 23.4 Å². The molecule has 1 N–H and O–H groups in total. The van der Waals surface area contributed by atoms with Gasteiger partial charge >= 0.3 is 0 Å². The largest absolute Gasteiger partial charge is 0.364 e. The molecule has 1 aliphatic heterocycles. The maximum atomic E-state index is 4.35. The minimum absolute atomic E-state index is 0.471. The van der Waals surface area contributed by atoms with Crippen LogP contribution >= 0.6 is 0 Å². The Labute approximate surface area is 113 Å². The first-order chi connectivity index (χ1) is 9.24. The van der Waals surface area contributed by atoms with E-state index in [2.05, 4.69) is 51.7 Å². The van der Waals surface area contributed by atoms with E-state index in [0.717, 1.165) is 18.1 Å². The minimum Gasteiger partial charge on any atom is -0.364 e. The Balaban J connectivity index is 1.90. The second kappa shape index (κ2) is 5.13. The lowest BCUT2D eigenvalue weighted by molar-refractivity contribution is 0.261. The van der Waals surface area contributed by atoms with Crippen LogP contribution in [0.2, 0.25) is 0 Å². The molecule has 1 unspecified atom stereocenters. The molecule has 0 radical (unpaired) electrons. The van der Waals surface area contributed by atoms with Crippen molar-refractivity contribution in [1.29, 1.82) is 0 Å². The molecule has 1 atom stereocenters. The van der Waals surface area contributed by atoms with Gasteiger partial charge in [-0.05, 0) is 33.4 Å². The van der Waals surface area contributed by atoms with Gasteiger partial charge in [-0.25, -0.2) is 0 Å². The van der Waals surface area contributed by atoms with Gasteiger partial charge in [0.15, 0.2) is 5.82 Å². The zero-order valence-electron chi connectivity index (χ0n) is 11.6.